The highest BCUT2D eigenvalue weighted by Gasteiger charge is 2.12. The molecule has 1 N–H and O–H groups in total. The van der Waals surface area contributed by atoms with Gasteiger partial charge in [0.2, 0.25) is 0 Å². The zero-order chi connectivity index (χ0) is 14.0. The van der Waals surface area contributed by atoms with Crippen LogP contribution in [0.25, 0.3) is 0 Å². The van der Waals surface area contributed by atoms with Crippen molar-refractivity contribution < 1.29 is 9.50 Å². The van der Waals surface area contributed by atoms with E-state index in [0.717, 1.165) is 15.6 Å². The molecule has 0 heterocycles. The Balaban J connectivity index is 2.20. The van der Waals surface area contributed by atoms with Gasteiger partial charge >= 0.3 is 0 Å². The Bertz CT molecular complexity index is 601. The van der Waals surface area contributed by atoms with Crippen molar-refractivity contribution >= 4 is 27.5 Å². The first kappa shape index (κ1) is 14.5. The molecule has 0 fully saturated rings. The van der Waals surface area contributed by atoms with E-state index in [9.17, 15) is 9.50 Å². The van der Waals surface area contributed by atoms with E-state index in [1.165, 1.54) is 6.07 Å². The summed E-state index contributed by atoms with van der Waals surface area (Å²) in [5.74, 6) is -0.391. The summed E-state index contributed by atoms with van der Waals surface area (Å²) in [6, 6.07) is 10.1. The molecular weight excluding hydrogens is 331 g/mol. The quantitative estimate of drug-likeness (QED) is 0.846. The van der Waals surface area contributed by atoms with Gasteiger partial charge in [0.15, 0.2) is 0 Å². The van der Waals surface area contributed by atoms with Crippen LogP contribution in [0.4, 0.5) is 4.39 Å². The minimum absolute atomic E-state index is 0.221. The fraction of sp³-hybridized carbons (Fsp3) is 0.200. The zero-order valence-corrected chi connectivity index (χ0v) is 12.7. The van der Waals surface area contributed by atoms with Crippen molar-refractivity contribution in [3.05, 3.63) is 68.4 Å². The first-order chi connectivity index (χ1) is 8.97. The third-order valence-electron chi connectivity index (χ3n) is 3.01. The van der Waals surface area contributed by atoms with Crippen LogP contribution in [0.2, 0.25) is 5.02 Å². The molecule has 0 bridgehead atoms. The Morgan fingerprint density at radius 3 is 2.63 bits per heavy atom. The maximum Gasteiger partial charge on any atom is 0.127 e. The highest BCUT2D eigenvalue weighted by atomic mass is 79.9. The predicted molar refractivity (Wildman–Crippen MR) is 79.0 cm³/mol. The summed E-state index contributed by atoms with van der Waals surface area (Å²) < 4.78 is 14.6. The van der Waals surface area contributed by atoms with Gasteiger partial charge in [-0.15, -0.1) is 0 Å². The van der Waals surface area contributed by atoms with Crippen molar-refractivity contribution in [1.82, 2.24) is 0 Å². The summed E-state index contributed by atoms with van der Waals surface area (Å²) in [6.45, 7) is 1.97. The maximum absolute atomic E-state index is 13.7. The summed E-state index contributed by atoms with van der Waals surface area (Å²) in [4.78, 5) is 0. The van der Waals surface area contributed by atoms with Gasteiger partial charge in [0.25, 0.3) is 0 Å². The minimum atomic E-state index is -0.743. The summed E-state index contributed by atoms with van der Waals surface area (Å²) >= 11 is 9.12. The van der Waals surface area contributed by atoms with Gasteiger partial charge in [-0.2, -0.15) is 0 Å². The molecule has 2 aromatic rings. The van der Waals surface area contributed by atoms with E-state index in [0.29, 0.717) is 10.6 Å². The lowest BCUT2D eigenvalue weighted by molar-refractivity contribution is 0.177. The number of aliphatic hydroxyl groups is 1. The summed E-state index contributed by atoms with van der Waals surface area (Å²) in [7, 11) is 0. The second kappa shape index (κ2) is 6.04. The fourth-order valence-corrected chi connectivity index (χ4v) is 2.39. The third kappa shape index (κ3) is 3.56. The van der Waals surface area contributed by atoms with Crippen molar-refractivity contribution in [3.63, 3.8) is 0 Å². The molecule has 100 valence electrons. The maximum atomic E-state index is 13.7. The van der Waals surface area contributed by atoms with Gasteiger partial charge in [0.05, 0.1) is 6.10 Å². The molecule has 0 aliphatic heterocycles. The van der Waals surface area contributed by atoms with Crippen LogP contribution in [0.1, 0.15) is 22.8 Å². The molecule has 1 nitrogen and oxygen atoms in total. The van der Waals surface area contributed by atoms with E-state index in [1.54, 1.807) is 12.1 Å². The second-order valence-corrected chi connectivity index (χ2v) is 5.76. The van der Waals surface area contributed by atoms with E-state index >= 15 is 0 Å². The van der Waals surface area contributed by atoms with Crippen LogP contribution in [-0.2, 0) is 6.42 Å². The Kier molecular flexibility index (Phi) is 4.61. The van der Waals surface area contributed by atoms with Gasteiger partial charge in [-0.3, -0.25) is 0 Å². The van der Waals surface area contributed by atoms with Crippen LogP contribution in [-0.4, -0.2) is 5.11 Å². The lowest BCUT2D eigenvalue weighted by atomic mass is 10.0. The molecule has 4 heteroatoms. The average molecular weight is 344 g/mol. The molecule has 2 aromatic carbocycles. The number of aliphatic hydroxyl groups excluding tert-OH is 1. The molecule has 0 aromatic heterocycles. The van der Waals surface area contributed by atoms with Crippen LogP contribution in [0, 0.1) is 12.7 Å². The standard InChI is InChI=1S/C15H13BrClFO/c1-9-2-3-11(6-13(9)16)15(19)7-10-4-5-12(17)8-14(10)18/h2-6,8,15,19H,7H2,1H3. The van der Waals surface area contributed by atoms with E-state index in [4.69, 9.17) is 11.6 Å². The van der Waals surface area contributed by atoms with Crippen LogP contribution in [0.15, 0.2) is 40.9 Å². The molecule has 0 radical (unpaired) electrons. The van der Waals surface area contributed by atoms with Gasteiger partial charge in [-0.25, -0.2) is 4.39 Å². The van der Waals surface area contributed by atoms with E-state index in [2.05, 4.69) is 15.9 Å². The van der Waals surface area contributed by atoms with Gasteiger partial charge in [0.1, 0.15) is 5.82 Å². The molecule has 1 unspecified atom stereocenters. The van der Waals surface area contributed by atoms with Gasteiger partial charge in [-0.05, 0) is 41.8 Å². The molecular formula is C15H13BrClFO. The number of rotatable bonds is 3. The number of halogens is 3. The first-order valence-corrected chi connectivity index (χ1v) is 7.02. The highest BCUT2D eigenvalue weighted by molar-refractivity contribution is 9.10. The van der Waals surface area contributed by atoms with Crippen molar-refractivity contribution in [2.75, 3.05) is 0 Å². The summed E-state index contributed by atoms with van der Waals surface area (Å²) in [5, 5.41) is 10.5. The van der Waals surface area contributed by atoms with Crippen molar-refractivity contribution in [3.8, 4) is 0 Å². The third-order valence-corrected chi connectivity index (χ3v) is 4.10. The van der Waals surface area contributed by atoms with E-state index in [1.807, 2.05) is 25.1 Å². The van der Waals surface area contributed by atoms with Gasteiger partial charge in [0, 0.05) is 15.9 Å². The van der Waals surface area contributed by atoms with E-state index in [-0.39, 0.29) is 6.42 Å². The molecule has 19 heavy (non-hydrogen) atoms. The SMILES string of the molecule is Cc1ccc(C(O)Cc2ccc(Cl)cc2F)cc1Br. The van der Waals surface area contributed by atoms with Gasteiger partial charge in [-0.1, -0.05) is 45.7 Å². The molecule has 0 spiro atoms. The zero-order valence-electron chi connectivity index (χ0n) is 10.3. The van der Waals surface area contributed by atoms with Crippen molar-refractivity contribution in [2.45, 2.75) is 19.4 Å². The molecule has 2 rings (SSSR count). The smallest absolute Gasteiger partial charge is 0.127 e. The van der Waals surface area contributed by atoms with Crippen molar-refractivity contribution in [1.29, 1.82) is 0 Å². The minimum Gasteiger partial charge on any atom is -0.388 e. The van der Waals surface area contributed by atoms with Crippen LogP contribution < -0.4 is 0 Å². The number of benzene rings is 2. The molecule has 0 saturated heterocycles. The molecule has 1 atom stereocenters. The van der Waals surface area contributed by atoms with Gasteiger partial charge < -0.3 is 5.11 Å². The highest BCUT2D eigenvalue weighted by Crippen LogP contribution is 2.25. The van der Waals surface area contributed by atoms with E-state index < -0.39 is 11.9 Å². The Labute approximate surface area is 125 Å². The normalized spacial score (nSPS) is 12.5. The van der Waals surface area contributed by atoms with Crippen LogP contribution in [0.3, 0.4) is 0 Å². The fourth-order valence-electron chi connectivity index (χ4n) is 1.83. The first-order valence-electron chi connectivity index (χ1n) is 5.85. The second-order valence-electron chi connectivity index (χ2n) is 4.46. The number of aryl methyl sites for hydroxylation is 1. The largest absolute Gasteiger partial charge is 0.388 e. The molecule has 0 amide bonds. The van der Waals surface area contributed by atoms with Crippen LogP contribution in [0.5, 0.6) is 0 Å². The Morgan fingerprint density at radius 2 is 2.00 bits per heavy atom. The summed E-state index contributed by atoms with van der Waals surface area (Å²) in [6.07, 6.45) is -0.522. The Hall–Kier alpha value is -0.900. The predicted octanol–water partition coefficient (Wildman–Crippen LogP) is 4.83. The summed E-state index contributed by atoms with van der Waals surface area (Å²) in [5.41, 5.74) is 2.30. The molecule has 0 aliphatic carbocycles. The van der Waals surface area contributed by atoms with Crippen LogP contribution >= 0.6 is 27.5 Å². The molecule has 0 saturated carbocycles. The lowest BCUT2D eigenvalue weighted by Gasteiger charge is -2.13. The number of hydrogen-bond donors (Lipinski definition) is 1. The average Bonchev–Trinajstić information content (AvgIpc) is 2.36. The number of hydrogen-bond acceptors (Lipinski definition) is 1. The lowest BCUT2D eigenvalue weighted by Crippen LogP contribution is -2.04. The Morgan fingerprint density at radius 1 is 1.26 bits per heavy atom. The monoisotopic (exact) mass is 342 g/mol. The topological polar surface area (TPSA) is 20.2 Å². The van der Waals surface area contributed by atoms with Crippen molar-refractivity contribution in [2.24, 2.45) is 0 Å². The molecule has 0 aliphatic rings.